The Bertz CT molecular complexity index is 804. The van der Waals surface area contributed by atoms with Crippen LogP contribution >= 0.6 is 0 Å². The minimum absolute atomic E-state index is 0.0231. The van der Waals surface area contributed by atoms with Crippen LogP contribution in [0.1, 0.15) is 15.9 Å². The van der Waals surface area contributed by atoms with Crippen LogP contribution in [0, 0.1) is 12.7 Å². The highest BCUT2D eigenvalue weighted by Gasteiger charge is 2.21. The van der Waals surface area contributed by atoms with Crippen LogP contribution in [-0.2, 0) is 10.0 Å². The molecule has 0 bridgehead atoms. The van der Waals surface area contributed by atoms with Crippen LogP contribution < -0.4 is 10.5 Å². The van der Waals surface area contributed by atoms with Gasteiger partial charge in [0.05, 0.1) is 11.3 Å². The summed E-state index contributed by atoms with van der Waals surface area (Å²) in [5.74, 6) is -1.65. The van der Waals surface area contributed by atoms with Gasteiger partial charge in [-0.1, -0.05) is 24.3 Å². The molecule has 0 heterocycles. The van der Waals surface area contributed by atoms with E-state index in [2.05, 4.69) is 4.72 Å². The summed E-state index contributed by atoms with van der Waals surface area (Å²) >= 11 is 0. The van der Waals surface area contributed by atoms with Crippen molar-refractivity contribution in [3.05, 3.63) is 59.4 Å². The Kier molecular flexibility index (Phi) is 3.95. The predicted molar refractivity (Wildman–Crippen MR) is 76.9 cm³/mol. The van der Waals surface area contributed by atoms with Gasteiger partial charge in [0.2, 0.25) is 0 Å². The Morgan fingerprint density at radius 1 is 1.14 bits per heavy atom. The molecule has 0 saturated carbocycles. The normalized spacial score (nSPS) is 11.1. The largest absolute Gasteiger partial charge is 0.366 e. The number of sulfonamides is 1. The maximum absolute atomic E-state index is 13.6. The van der Waals surface area contributed by atoms with Crippen molar-refractivity contribution in [2.75, 3.05) is 4.72 Å². The highest BCUT2D eigenvalue weighted by Crippen LogP contribution is 2.24. The summed E-state index contributed by atoms with van der Waals surface area (Å²) in [5.41, 5.74) is 5.80. The third-order valence-electron chi connectivity index (χ3n) is 2.90. The molecule has 0 radical (unpaired) electrons. The van der Waals surface area contributed by atoms with E-state index in [0.29, 0.717) is 5.56 Å². The molecule has 0 atom stereocenters. The molecule has 0 unspecified atom stereocenters. The molecule has 0 aliphatic carbocycles. The number of aryl methyl sites for hydroxylation is 1. The lowest BCUT2D eigenvalue weighted by Crippen LogP contribution is -2.20. The molecule has 3 N–H and O–H groups in total. The topological polar surface area (TPSA) is 89.3 Å². The monoisotopic (exact) mass is 308 g/mol. The van der Waals surface area contributed by atoms with Crippen LogP contribution in [0.25, 0.3) is 0 Å². The van der Waals surface area contributed by atoms with Gasteiger partial charge >= 0.3 is 0 Å². The number of halogens is 1. The number of amides is 1. The lowest BCUT2D eigenvalue weighted by atomic mass is 10.1. The smallest absolute Gasteiger partial charge is 0.264 e. The molecular weight excluding hydrogens is 295 g/mol. The highest BCUT2D eigenvalue weighted by atomic mass is 32.2. The van der Waals surface area contributed by atoms with E-state index in [0.717, 1.165) is 12.1 Å². The minimum Gasteiger partial charge on any atom is -0.366 e. The summed E-state index contributed by atoms with van der Waals surface area (Å²) in [5, 5.41) is 0. The molecule has 5 nitrogen and oxygen atoms in total. The van der Waals surface area contributed by atoms with Gasteiger partial charge in [-0.05, 0) is 30.7 Å². The van der Waals surface area contributed by atoms with E-state index in [9.17, 15) is 17.6 Å². The summed E-state index contributed by atoms with van der Waals surface area (Å²) < 4.78 is 40.4. The first kappa shape index (κ1) is 15.0. The molecule has 7 heteroatoms. The number of hydrogen-bond donors (Lipinski definition) is 2. The highest BCUT2D eigenvalue weighted by molar-refractivity contribution is 7.92. The first-order valence-corrected chi connectivity index (χ1v) is 7.48. The molecular formula is C14H13FN2O3S. The summed E-state index contributed by atoms with van der Waals surface area (Å²) in [6.07, 6.45) is 0. The van der Waals surface area contributed by atoms with Gasteiger partial charge in [0.25, 0.3) is 15.9 Å². The number of nitrogens with two attached hydrogens (primary N) is 1. The average molecular weight is 308 g/mol. The Balaban J connectivity index is 2.52. The second-order valence-electron chi connectivity index (χ2n) is 4.40. The van der Waals surface area contributed by atoms with Crippen molar-refractivity contribution >= 4 is 21.6 Å². The number of hydrogen-bond acceptors (Lipinski definition) is 3. The molecule has 0 saturated heterocycles. The van der Waals surface area contributed by atoms with Gasteiger partial charge < -0.3 is 5.73 Å². The van der Waals surface area contributed by atoms with Gasteiger partial charge in [0, 0.05) is 0 Å². The van der Waals surface area contributed by atoms with Gasteiger partial charge in [-0.2, -0.15) is 0 Å². The van der Waals surface area contributed by atoms with Crippen molar-refractivity contribution in [1.29, 1.82) is 0 Å². The minimum atomic E-state index is -4.16. The Labute approximate surface area is 121 Å². The second kappa shape index (κ2) is 5.53. The molecule has 0 spiro atoms. The molecule has 0 aliphatic rings. The van der Waals surface area contributed by atoms with Crippen molar-refractivity contribution in [2.45, 2.75) is 11.8 Å². The Hall–Kier alpha value is -2.41. The fourth-order valence-electron chi connectivity index (χ4n) is 1.86. The van der Waals surface area contributed by atoms with E-state index in [1.54, 1.807) is 19.1 Å². The number of anilines is 1. The Morgan fingerprint density at radius 2 is 1.81 bits per heavy atom. The fourth-order valence-corrected chi connectivity index (χ4v) is 3.09. The first-order valence-electron chi connectivity index (χ1n) is 5.99. The standard InChI is InChI=1S/C14H13FN2O3S/c1-9-5-4-6-10(14(16)18)13(9)17-21(19,20)12-8-3-2-7-11(12)15/h2-8,17H,1H3,(H2,16,18). The number of carbonyl (C=O) groups excluding carboxylic acids is 1. The number of rotatable bonds is 4. The quantitative estimate of drug-likeness (QED) is 0.905. The molecule has 0 aliphatic heterocycles. The lowest BCUT2D eigenvalue weighted by molar-refractivity contribution is 0.100. The van der Waals surface area contributed by atoms with E-state index in [1.165, 1.54) is 18.2 Å². The number of primary amides is 1. The summed E-state index contributed by atoms with van der Waals surface area (Å²) in [4.78, 5) is 10.9. The van der Waals surface area contributed by atoms with Gasteiger partial charge in [-0.25, -0.2) is 12.8 Å². The third-order valence-corrected chi connectivity index (χ3v) is 4.28. The van der Waals surface area contributed by atoms with Crippen LogP contribution in [0.4, 0.5) is 10.1 Å². The summed E-state index contributed by atoms with van der Waals surface area (Å²) in [7, 11) is -4.16. The zero-order valence-corrected chi connectivity index (χ0v) is 11.9. The van der Waals surface area contributed by atoms with Crippen LogP contribution in [0.15, 0.2) is 47.4 Å². The number of para-hydroxylation sites is 1. The average Bonchev–Trinajstić information content (AvgIpc) is 2.41. The van der Waals surface area contributed by atoms with Crippen LogP contribution in [0.5, 0.6) is 0 Å². The van der Waals surface area contributed by atoms with E-state index in [-0.39, 0.29) is 11.3 Å². The Morgan fingerprint density at radius 3 is 2.43 bits per heavy atom. The summed E-state index contributed by atoms with van der Waals surface area (Å²) in [6.45, 7) is 1.62. The second-order valence-corrected chi connectivity index (χ2v) is 6.05. The molecule has 0 fully saturated rings. The van der Waals surface area contributed by atoms with Crippen molar-refractivity contribution in [1.82, 2.24) is 0 Å². The number of carbonyl (C=O) groups is 1. The fraction of sp³-hybridized carbons (Fsp3) is 0.0714. The molecule has 1 amide bonds. The lowest BCUT2D eigenvalue weighted by Gasteiger charge is -2.13. The number of benzene rings is 2. The zero-order chi connectivity index (χ0) is 15.6. The molecule has 2 aromatic rings. The summed E-state index contributed by atoms with van der Waals surface area (Å²) in [6, 6.07) is 9.57. The van der Waals surface area contributed by atoms with E-state index in [1.807, 2.05) is 0 Å². The van der Waals surface area contributed by atoms with Crippen molar-refractivity contribution in [3.8, 4) is 0 Å². The molecule has 0 aromatic heterocycles. The predicted octanol–water partition coefficient (Wildman–Crippen LogP) is 2.03. The van der Waals surface area contributed by atoms with E-state index < -0.39 is 26.6 Å². The molecule has 110 valence electrons. The van der Waals surface area contributed by atoms with Crippen molar-refractivity contribution in [2.24, 2.45) is 5.73 Å². The van der Waals surface area contributed by atoms with Crippen LogP contribution in [0.2, 0.25) is 0 Å². The third kappa shape index (κ3) is 3.03. The van der Waals surface area contributed by atoms with E-state index in [4.69, 9.17) is 5.73 Å². The van der Waals surface area contributed by atoms with Crippen LogP contribution in [0.3, 0.4) is 0 Å². The van der Waals surface area contributed by atoms with Gasteiger partial charge in [0.1, 0.15) is 10.7 Å². The molecule has 2 rings (SSSR count). The van der Waals surface area contributed by atoms with Crippen molar-refractivity contribution < 1.29 is 17.6 Å². The number of nitrogens with one attached hydrogen (secondary N) is 1. The zero-order valence-electron chi connectivity index (χ0n) is 11.1. The van der Waals surface area contributed by atoms with Gasteiger partial charge in [-0.3, -0.25) is 9.52 Å². The van der Waals surface area contributed by atoms with Gasteiger partial charge in [0.15, 0.2) is 0 Å². The van der Waals surface area contributed by atoms with Gasteiger partial charge in [-0.15, -0.1) is 0 Å². The maximum atomic E-state index is 13.6. The first-order chi connectivity index (χ1) is 9.83. The SMILES string of the molecule is Cc1cccc(C(N)=O)c1NS(=O)(=O)c1ccccc1F. The molecule has 2 aromatic carbocycles. The van der Waals surface area contributed by atoms with Crippen molar-refractivity contribution in [3.63, 3.8) is 0 Å². The maximum Gasteiger partial charge on any atom is 0.264 e. The van der Waals surface area contributed by atoms with E-state index >= 15 is 0 Å². The van der Waals surface area contributed by atoms with Crippen LogP contribution in [-0.4, -0.2) is 14.3 Å². The molecule has 21 heavy (non-hydrogen) atoms.